The van der Waals surface area contributed by atoms with Crippen LogP contribution in [0.25, 0.3) is 28.1 Å². The predicted molar refractivity (Wildman–Crippen MR) is 92.6 cm³/mol. The highest BCUT2D eigenvalue weighted by atomic mass is 35.5. The van der Waals surface area contributed by atoms with Gasteiger partial charge >= 0.3 is 0 Å². The first-order chi connectivity index (χ1) is 12.6. The Morgan fingerprint density at radius 2 is 2.19 bits per heavy atom. The highest BCUT2D eigenvalue weighted by Gasteiger charge is 2.50. The lowest BCUT2D eigenvalue weighted by atomic mass is 10.2. The molecule has 9 heteroatoms. The molecule has 4 aromatic rings. The maximum absolute atomic E-state index is 12.8. The Balaban J connectivity index is 1.77. The van der Waals surface area contributed by atoms with Gasteiger partial charge in [0.1, 0.15) is 33.7 Å². The monoisotopic (exact) mass is 371 g/mol. The van der Waals surface area contributed by atoms with Crippen LogP contribution >= 0.6 is 11.6 Å². The highest BCUT2D eigenvalue weighted by molar-refractivity contribution is 6.34. The topological polar surface area (TPSA) is 92.4 Å². The van der Waals surface area contributed by atoms with Crippen LogP contribution in [0.4, 0.5) is 0 Å². The minimum absolute atomic E-state index is 0.329. The van der Waals surface area contributed by atoms with E-state index in [4.69, 9.17) is 20.9 Å². The number of fused-ring (bicyclic) bond motifs is 3. The SMILES string of the molecule is COC1(c2nc(-c3ncn4c3c(C)[n+]([O-])c3c(Cl)cccc34)no2)CC1. The average molecular weight is 372 g/mol. The zero-order valence-electron chi connectivity index (χ0n) is 14.1. The molecule has 0 N–H and O–H groups in total. The van der Waals surface area contributed by atoms with Crippen LogP contribution in [0.1, 0.15) is 24.4 Å². The Kier molecular flexibility index (Phi) is 3.08. The Morgan fingerprint density at radius 3 is 2.92 bits per heavy atom. The van der Waals surface area contributed by atoms with Gasteiger partial charge < -0.3 is 14.5 Å². The molecular weight excluding hydrogens is 358 g/mol. The van der Waals surface area contributed by atoms with Crippen molar-refractivity contribution in [2.24, 2.45) is 0 Å². The molecule has 0 atom stereocenters. The van der Waals surface area contributed by atoms with Crippen molar-refractivity contribution in [1.82, 2.24) is 19.5 Å². The molecule has 0 unspecified atom stereocenters. The summed E-state index contributed by atoms with van der Waals surface area (Å²) in [6, 6.07) is 5.30. The number of benzene rings is 1. The van der Waals surface area contributed by atoms with Crippen LogP contribution in [0.2, 0.25) is 5.02 Å². The van der Waals surface area contributed by atoms with E-state index in [9.17, 15) is 5.21 Å². The quantitative estimate of drug-likeness (QED) is 0.406. The average Bonchev–Trinajstić information content (AvgIpc) is 3.07. The number of halogens is 1. The van der Waals surface area contributed by atoms with Crippen LogP contribution in [0.5, 0.6) is 0 Å². The lowest BCUT2D eigenvalue weighted by Crippen LogP contribution is -2.32. The van der Waals surface area contributed by atoms with Crippen molar-refractivity contribution in [2.75, 3.05) is 7.11 Å². The van der Waals surface area contributed by atoms with E-state index in [0.29, 0.717) is 44.7 Å². The van der Waals surface area contributed by atoms with Crippen molar-refractivity contribution in [1.29, 1.82) is 0 Å². The zero-order valence-corrected chi connectivity index (χ0v) is 14.8. The highest BCUT2D eigenvalue weighted by Crippen LogP contribution is 2.48. The fourth-order valence-electron chi connectivity index (χ4n) is 3.33. The molecule has 132 valence electrons. The van der Waals surface area contributed by atoms with Gasteiger partial charge in [0.25, 0.3) is 11.4 Å². The Morgan fingerprint density at radius 1 is 1.38 bits per heavy atom. The minimum atomic E-state index is -0.478. The number of aryl methyl sites for hydroxylation is 1. The summed E-state index contributed by atoms with van der Waals surface area (Å²) in [5.41, 5.74) is 2.13. The predicted octanol–water partition coefficient (Wildman–Crippen LogP) is 2.77. The standard InChI is InChI=1S/C17H14ClN5O3/c1-9-13-12(15-20-16(26-21-15)17(25-2)6-7-17)19-8-22(13)11-5-3-4-10(18)14(11)23(9)24/h3-5,8H,6-7H2,1-2H3. The Bertz CT molecular complexity index is 1180. The van der Waals surface area contributed by atoms with E-state index in [-0.39, 0.29) is 0 Å². The van der Waals surface area contributed by atoms with Gasteiger partial charge in [-0.2, -0.15) is 9.71 Å². The summed E-state index contributed by atoms with van der Waals surface area (Å²) >= 11 is 6.23. The number of methoxy groups -OCH3 is 1. The van der Waals surface area contributed by atoms with Crippen LogP contribution < -0.4 is 4.73 Å². The number of para-hydroxylation sites is 1. The van der Waals surface area contributed by atoms with E-state index in [1.54, 1.807) is 32.5 Å². The van der Waals surface area contributed by atoms with E-state index in [1.165, 1.54) is 0 Å². The molecule has 0 aliphatic heterocycles. The summed E-state index contributed by atoms with van der Waals surface area (Å²) < 4.78 is 13.5. The smallest absolute Gasteiger partial charge is 0.259 e. The van der Waals surface area contributed by atoms with Crippen molar-refractivity contribution in [3.63, 3.8) is 0 Å². The van der Waals surface area contributed by atoms with Gasteiger partial charge in [-0.3, -0.25) is 4.40 Å². The molecule has 1 saturated carbocycles. The molecule has 1 aromatic carbocycles. The normalized spacial score (nSPS) is 15.8. The first-order valence-electron chi connectivity index (χ1n) is 8.13. The molecule has 3 heterocycles. The first-order valence-corrected chi connectivity index (χ1v) is 8.50. The fourth-order valence-corrected chi connectivity index (χ4v) is 3.57. The van der Waals surface area contributed by atoms with Crippen molar-refractivity contribution in [3.8, 4) is 11.5 Å². The summed E-state index contributed by atoms with van der Waals surface area (Å²) in [6.07, 6.45) is 3.32. The third-order valence-corrected chi connectivity index (χ3v) is 5.27. The first kappa shape index (κ1) is 15.5. The summed E-state index contributed by atoms with van der Waals surface area (Å²) in [5, 5.41) is 17.2. The molecule has 1 fully saturated rings. The van der Waals surface area contributed by atoms with Crippen LogP contribution in [0.3, 0.4) is 0 Å². The van der Waals surface area contributed by atoms with Crippen molar-refractivity contribution in [2.45, 2.75) is 25.4 Å². The summed E-state index contributed by atoms with van der Waals surface area (Å²) in [6.45, 7) is 1.72. The maximum Gasteiger partial charge on any atom is 0.259 e. The van der Waals surface area contributed by atoms with Crippen LogP contribution in [0, 0.1) is 12.1 Å². The number of hydrogen-bond acceptors (Lipinski definition) is 6. The molecule has 8 nitrogen and oxygen atoms in total. The largest absolute Gasteiger partial charge is 0.618 e. The second kappa shape index (κ2) is 5.15. The number of imidazole rings is 1. The van der Waals surface area contributed by atoms with Gasteiger partial charge in [-0.1, -0.05) is 22.8 Å². The zero-order chi connectivity index (χ0) is 18.1. The second-order valence-electron chi connectivity index (χ2n) is 6.42. The molecular formula is C17H14ClN5O3. The van der Waals surface area contributed by atoms with Crippen molar-refractivity contribution in [3.05, 3.63) is 46.3 Å². The van der Waals surface area contributed by atoms with E-state index in [2.05, 4.69) is 15.1 Å². The molecule has 0 radical (unpaired) electrons. The van der Waals surface area contributed by atoms with E-state index in [1.807, 2.05) is 10.5 Å². The Hall–Kier alpha value is -2.71. The van der Waals surface area contributed by atoms with Gasteiger partial charge in [0.15, 0.2) is 0 Å². The number of nitrogens with zero attached hydrogens (tertiary/aromatic N) is 5. The lowest BCUT2D eigenvalue weighted by Gasteiger charge is -2.09. The third kappa shape index (κ3) is 1.94. The molecule has 5 rings (SSSR count). The number of rotatable bonds is 3. The fraction of sp³-hybridized carbons (Fsp3) is 0.294. The minimum Gasteiger partial charge on any atom is -0.618 e. The van der Waals surface area contributed by atoms with Gasteiger partial charge in [0.05, 0.1) is 0 Å². The molecule has 26 heavy (non-hydrogen) atoms. The lowest BCUT2D eigenvalue weighted by molar-refractivity contribution is -0.583. The molecule has 3 aromatic heterocycles. The third-order valence-electron chi connectivity index (χ3n) is 4.97. The van der Waals surface area contributed by atoms with Crippen molar-refractivity contribution >= 4 is 28.2 Å². The molecule has 0 amide bonds. The van der Waals surface area contributed by atoms with Crippen LogP contribution in [0.15, 0.2) is 29.0 Å². The van der Waals surface area contributed by atoms with Gasteiger partial charge in [-0.15, -0.1) is 0 Å². The summed E-state index contributed by atoms with van der Waals surface area (Å²) in [4.78, 5) is 8.89. The maximum atomic E-state index is 12.8. The number of aromatic nitrogens is 5. The molecule has 0 spiro atoms. The molecule has 1 aliphatic rings. The number of ether oxygens (including phenoxy) is 1. The van der Waals surface area contributed by atoms with Gasteiger partial charge in [0, 0.05) is 14.0 Å². The summed E-state index contributed by atoms with van der Waals surface area (Å²) in [5.74, 6) is 0.767. The van der Waals surface area contributed by atoms with Gasteiger partial charge in [-0.05, 0) is 25.0 Å². The van der Waals surface area contributed by atoms with E-state index < -0.39 is 5.60 Å². The van der Waals surface area contributed by atoms with E-state index >= 15 is 0 Å². The molecule has 1 aliphatic carbocycles. The van der Waals surface area contributed by atoms with Gasteiger partial charge in [-0.25, -0.2) is 4.98 Å². The van der Waals surface area contributed by atoms with Crippen LogP contribution in [-0.4, -0.2) is 26.6 Å². The Labute approximate surface area is 152 Å². The van der Waals surface area contributed by atoms with Crippen molar-refractivity contribution < 1.29 is 14.0 Å². The molecule has 0 saturated heterocycles. The van der Waals surface area contributed by atoms with Gasteiger partial charge in [0.2, 0.25) is 11.5 Å². The summed E-state index contributed by atoms with van der Waals surface area (Å²) in [7, 11) is 1.63. The van der Waals surface area contributed by atoms with Crippen LogP contribution in [-0.2, 0) is 10.3 Å². The number of hydrogen-bond donors (Lipinski definition) is 0. The van der Waals surface area contributed by atoms with E-state index in [0.717, 1.165) is 17.6 Å². The second-order valence-corrected chi connectivity index (χ2v) is 6.83. The molecule has 0 bridgehead atoms.